The number of ether oxygens (including phenoxy) is 1. The number of likely N-dealkylation sites (N-methyl/N-ethyl adjacent to an activating group) is 1. The van der Waals surface area contributed by atoms with Gasteiger partial charge in [0, 0.05) is 18.7 Å². The predicted octanol–water partition coefficient (Wildman–Crippen LogP) is 4.29. The Hall–Kier alpha value is -2.54. The van der Waals surface area contributed by atoms with Crippen molar-refractivity contribution >= 4 is 40.7 Å². The fourth-order valence-corrected chi connectivity index (χ4v) is 3.94. The zero-order chi connectivity index (χ0) is 22.9. The molecule has 2 aromatic carbocycles. The molecule has 0 saturated carbocycles. The largest absolute Gasteiger partial charge is 0.507 e. The Morgan fingerprint density at radius 3 is 2.42 bits per heavy atom. The number of carbonyl (C=O) groups is 2. The van der Waals surface area contributed by atoms with Gasteiger partial charge in [-0.15, -0.1) is 0 Å². The molecule has 3 rings (SSSR count). The summed E-state index contributed by atoms with van der Waals surface area (Å²) in [4.78, 5) is 29.3. The molecule has 1 heterocycles. The van der Waals surface area contributed by atoms with Crippen LogP contribution in [0.25, 0.3) is 5.76 Å². The Balaban J connectivity index is 2.18. The second-order valence-corrected chi connectivity index (χ2v) is 8.47. The maximum atomic E-state index is 13.0. The molecule has 1 amide bonds. The Morgan fingerprint density at radius 2 is 1.84 bits per heavy atom. The maximum Gasteiger partial charge on any atom is 0.295 e. The lowest BCUT2D eigenvalue weighted by Gasteiger charge is -2.26. The highest BCUT2D eigenvalue weighted by atomic mass is 35.5. The number of rotatable bonds is 6. The van der Waals surface area contributed by atoms with Crippen LogP contribution < -0.4 is 4.74 Å². The van der Waals surface area contributed by atoms with E-state index in [0.29, 0.717) is 40.0 Å². The first-order valence-corrected chi connectivity index (χ1v) is 10.4. The van der Waals surface area contributed by atoms with Crippen LogP contribution in [0.1, 0.15) is 22.7 Å². The predicted molar refractivity (Wildman–Crippen MR) is 122 cm³/mol. The molecule has 0 unspecified atom stereocenters. The quantitative estimate of drug-likeness (QED) is 0.393. The molecule has 1 N–H and O–H groups in total. The number of aryl methyl sites for hydroxylation is 1. The topological polar surface area (TPSA) is 70.1 Å². The van der Waals surface area contributed by atoms with Gasteiger partial charge >= 0.3 is 0 Å². The molecule has 1 aliphatic heterocycles. The number of aliphatic hydroxyl groups excluding tert-OH is 1. The Morgan fingerprint density at radius 1 is 1.13 bits per heavy atom. The third kappa shape index (κ3) is 4.56. The van der Waals surface area contributed by atoms with Crippen LogP contribution in [-0.2, 0) is 9.59 Å². The summed E-state index contributed by atoms with van der Waals surface area (Å²) >= 11 is 12.3. The summed E-state index contributed by atoms with van der Waals surface area (Å²) in [6.07, 6.45) is 0. The van der Waals surface area contributed by atoms with Crippen LogP contribution in [-0.4, -0.2) is 60.9 Å². The molecule has 6 nitrogen and oxygen atoms in total. The number of benzene rings is 2. The smallest absolute Gasteiger partial charge is 0.295 e. The standard InChI is InChI=1S/C23H24Cl2N2O4/c1-13-11-15(6-8-18(13)31-4)21(28)19-20(14-5-7-16(24)17(25)12-14)27(10-9-26(2)3)23(30)22(19)29/h5-8,11-12,20,28H,9-10H2,1-4H3/b21-19+/t20-/m1/s1. The van der Waals surface area contributed by atoms with Gasteiger partial charge in [0.2, 0.25) is 0 Å². The summed E-state index contributed by atoms with van der Waals surface area (Å²) in [5.41, 5.74) is 1.83. The number of amides is 1. The van der Waals surface area contributed by atoms with Crippen LogP contribution in [0.3, 0.4) is 0 Å². The molecular weight excluding hydrogens is 439 g/mol. The van der Waals surface area contributed by atoms with Crippen molar-refractivity contribution in [2.24, 2.45) is 0 Å². The molecule has 2 aromatic rings. The third-order valence-corrected chi connectivity index (χ3v) is 5.99. The highest BCUT2D eigenvalue weighted by Crippen LogP contribution is 2.41. The zero-order valence-corrected chi connectivity index (χ0v) is 19.3. The van der Waals surface area contributed by atoms with E-state index in [2.05, 4.69) is 0 Å². The van der Waals surface area contributed by atoms with Crippen molar-refractivity contribution in [1.29, 1.82) is 0 Å². The van der Waals surface area contributed by atoms with Crippen LogP contribution in [0, 0.1) is 6.92 Å². The van der Waals surface area contributed by atoms with Crippen molar-refractivity contribution in [2.45, 2.75) is 13.0 Å². The monoisotopic (exact) mass is 462 g/mol. The van der Waals surface area contributed by atoms with Crippen molar-refractivity contribution in [1.82, 2.24) is 9.80 Å². The SMILES string of the molecule is COc1ccc(/C(O)=C2\C(=O)C(=O)N(CCN(C)C)[C@@H]2c2ccc(Cl)c(Cl)c2)cc1C. The first kappa shape index (κ1) is 23.1. The average Bonchev–Trinajstić information content (AvgIpc) is 2.98. The van der Waals surface area contributed by atoms with Gasteiger partial charge in [0.25, 0.3) is 11.7 Å². The van der Waals surface area contributed by atoms with Gasteiger partial charge < -0.3 is 19.6 Å². The number of hydrogen-bond donors (Lipinski definition) is 1. The van der Waals surface area contributed by atoms with E-state index in [1.165, 1.54) is 4.90 Å². The van der Waals surface area contributed by atoms with E-state index < -0.39 is 17.7 Å². The molecule has 1 fully saturated rings. The lowest BCUT2D eigenvalue weighted by molar-refractivity contribution is -0.140. The lowest BCUT2D eigenvalue weighted by Crippen LogP contribution is -2.35. The minimum absolute atomic E-state index is 0.0201. The Bertz CT molecular complexity index is 1070. The van der Waals surface area contributed by atoms with E-state index in [4.69, 9.17) is 27.9 Å². The van der Waals surface area contributed by atoms with Crippen LogP contribution in [0.4, 0.5) is 0 Å². The average molecular weight is 463 g/mol. The Kier molecular flexibility index (Phi) is 6.94. The highest BCUT2D eigenvalue weighted by molar-refractivity contribution is 6.46. The second-order valence-electron chi connectivity index (χ2n) is 7.65. The van der Waals surface area contributed by atoms with Crippen molar-refractivity contribution in [2.75, 3.05) is 34.3 Å². The number of aliphatic hydroxyl groups is 1. The van der Waals surface area contributed by atoms with Gasteiger partial charge in [0.15, 0.2) is 0 Å². The van der Waals surface area contributed by atoms with Crippen molar-refractivity contribution in [3.63, 3.8) is 0 Å². The van der Waals surface area contributed by atoms with E-state index in [-0.39, 0.29) is 11.3 Å². The molecule has 8 heteroatoms. The molecule has 0 aromatic heterocycles. The number of likely N-dealkylation sites (tertiary alicyclic amines) is 1. The molecule has 1 aliphatic rings. The number of halogens is 2. The van der Waals surface area contributed by atoms with Crippen LogP contribution >= 0.6 is 23.2 Å². The number of Topliss-reactive ketones (excluding diaryl/α,β-unsaturated/α-hetero) is 1. The molecule has 0 spiro atoms. The van der Waals surface area contributed by atoms with Gasteiger partial charge in [-0.2, -0.15) is 0 Å². The third-order valence-electron chi connectivity index (χ3n) is 5.26. The normalized spacial score (nSPS) is 18.2. The summed E-state index contributed by atoms with van der Waals surface area (Å²) in [5, 5.41) is 11.8. The minimum atomic E-state index is -0.780. The molecule has 164 valence electrons. The highest BCUT2D eigenvalue weighted by Gasteiger charge is 2.46. The summed E-state index contributed by atoms with van der Waals surface area (Å²) in [6.45, 7) is 2.69. The van der Waals surface area contributed by atoms with Crippen molar-refractivity contribution < 1.29 is 19.4 Å². The molecule has 0 aliphatic carbocycles. The van der Waals surface area contributed by atoms with E-state index >= 15 is 0 Å². The van der Waals surface area contributed by atoms with Gasteiger partial charge in [-0.25, -0.2) is 0 Å². The first-order chi connectivity index (χ1) is 14.6. The summed E-state index contributed by atoms with van der Waals surface area (Å²) in [7, 11) is 5.32. The van der Waals surface area contributed by atoms with Gasteiger partial charge in [-0.1, -0.05) is 29.3 Å². The van der Waals surface area contributed by atoms with E-state index in [9.17, 15) is 14.7 Å². The Labute approximate surface area is 191 Å². The molecule has 31 heavy (non-hydrogen) atoms. The van der Waals surface area contributed by atoms with Crippen molar-refractivity contribution in [3.05, 3.63) is 68.7 Å². The first-order valence-electron chi connectivity index (χ1n) is 9.68. The zero-order valence-electron chi connectivity index (χ0n) is 17.8. The summed E-state index contributed by atoms with van der Waals surface area (Å²) in [6, 6.07) is 9.24. The fraction of sp³-hybridized carbons (Fsp3) is 0.304. The summed E-state index contributed by atoms with van der Waals surface area (Å²) in [5.74, 6) is -0.984. The van der Waals surface area contributed by atoms with Crippen LogP contribution in [0.5, 0.6) is 5.75 Å². The van der Waals surface area contributed by atoms with E-state index in [0.717, 1.165) is 5.56 Å². The van der Waals surface area contributed by atoms with Gasteiger partial charge in [0.05, 0.1) is 28.8 Å². The number of methoxy groups -OCH3 is 1. The minimum Gasteiger partial charge on any atom is -0.507 e. The molecule has 1 saturated heterocycles. The van der Waals surface area contributed by atoms with Crippen molar-refractivity contribution in [3.8, 4) is 5.75 Å². The summed E-state index contributed by atoms with van der Waals surface area (Å²) < 4.78 is 5.27. The molecule has 0 radical (unpaired) electrons. The number of hydrogen-bond acceptors (Lipinski definition) is 5. The molecule has 0 bridgehead atoms. The van der Waals surface area contributed by atoms with Gasteiger partial charge in [0.1, 0.15) is 11.5 Å². The second kappa shape index (κ2) is 9.30. The maximum absolute atomic E-state index is 13.0. The van der Waals surface area contributed by atoms with Crippen LogP contribution in [0.15, 0.2) is 42.0 Å². The van der Waals surface area contributed by atoms with Gasteiger partial charge in [-0.3, -0.25) is 9.59 Å². The number of carbonyl (C=O) groups excluding carboxylic acids is 2. The lowest BCUT2D eigenvalue weighted by atomic mass is 9.94. The number of nitrogens with zero attached hydrogens (tertiary/aromatic N) is 2. The van der Waals surface area contributed by atoms with Crippen LogP contribution in [0.2, 0.25) is 10.0 Å². The molecule has 1 atom stereocenters. The molecular formula is C23H24Cl2N2O4. The fourth-order valence-electron chi connectivity index (χ4n) is 3.63. The van der Waals surface area contributed by atoms with E-state index in [1.54, 1.807) is 43.5 Å². The van der Waals surface area contributed by atoms with Gasteiger partial charge in [-0.05, 0) is 62.5 Å². The number of ketones is 1. The van der Waals surface area contributed by atoms with E-state index in [1.807, 2.05) is 25.9 Å².